The second-order valence-electron chi connectivity index (χ2n) is 6.87. The van der Waals surface area contributed by atoms with Gasteiger partial charge in [0.2, 0.25) is 0 Å². The highest BCUT2D eigenvalue weighted by Crippen LogP contribution is 2.41. The minimum atomic E-state index is -2.10. The summed E-state index contributed by atoms with van der Waals surface area (Å²) in [6, 6.07) is 5.47. The number of ether oxygens (including phenoxy) is 2. The maximum Gasteiger partial charge on any atom is 0.323 e. The van der Waals surface area contributed by atoms with Crippen molar-refractivity contribution in [3.05, 3.63) is 84.0 Å². The van der Waals surface area contributed by atoms with Crippen molar-refractivity contribution < 1.29 is 36.6 Å². The van der Waals surface area contributed by atoms with Crippen LogP contribution < -0.4 is 0 Å². The Labute approximate surface area is 176 Å². The van der Waals surface area contributed by atoms with Crippen LogP contribution in [0.3, 0.4) is 0 Å². The van der Waals surface area contributed by atoms with Crippen molar-refractivity contribution in [2.45, 2.75) is 12.8 Å². The van der Waals surface area contributed by atoms with Crippen LogP contribution in [0.5, 0.6) is 0 Å². The number of benzene rings is 2. The average molecular weight is 436 g/mol. The monoisotopic (exact) mass is 436 g/mol. The van der Waals surface area contributed by atoms with E-state index < -0.39 is 53.5 Å². The van der Waals surface area contributed by atoms with Gasteiger partial charge in [0.1, 0.15) is 23.3 Å². The summed E-state index contributed by atoms with van der Waals surface area (Å²) in [5, 5.41) is 0. The van der Waals surface area contributed by atoms with E-state index in [1.165, 1.54) is 0 Å². The molecule has 0 spiro atoms. The highest BCUT2D eigenvalue weighted by molar-refractivity contribution is 6.03. The molecule has 0 fully saturated rings. The van der Waals surface area contributed by atoms with E-state index in [0.29, 0.717) is 12.1 Å². The van der Waals surface area contributed by atoms with E-state index in [0.717, 1.165) is 38.5 Å². The van der Waals surface area contributed by atoms with E-state index in [-0.39, 0.29) is 22.3 Å². The maximum absolute atomic E-state index is 14.2. The van der Waals surface area contributed by atoms with Crippen LogP contribution in [0.15, 0.2) is 49.6 Å². The van der Waals surface area contributed by atoms with Gasteiger partial charge in [-0.15, -0.1) is 0 Å². The molecule has 0 heterocycles. The number of halogens is 4. The first-order chi connectivity index (χ1) is 14.5. The Hall–Kier alpha value is -3.42. The molecule has 0 N–H and O–H groups in total. The van der Waals surface area contributed by atoms with Crippen molar-refractivity contribution in [1.82, 2.24) is 0 Å². The van der Waals surface area contributed by atoms with Gasteiger partial charge in [0.25, 0.3) is 0 Å². The molecule has 0 radical (unpaired) electrons. The van der Waals surface area contributed by atoms with E-state index in [9.17, 15) is 27.2 Å². The normalized spacial score (nSPS) is 11.0. The average Bonchev–Trinajstić information content (AvgIpc) is 2.71. The molecule has 2 aromatic rings. The van der Waals surface area contributed by atoms with Crippen LogP contribution >= 0.6 is 0 Å². The molecule has 0 aliphatic carbocycles. The molecular weight excluding hydrogens is 416 g/mol. The number of methoxy groups -OCH3 is 2. The van der Waals surface area contributed by atoms with Crippen molar-refractivity contribution in [1.29, 1.82) is 0 Å². The Morgan fingerprint density at radius 3 is 1.42 bits per heavy atom. The summed E-state index contributed by atoms with van der Waals surface area (Å²) in [5.41, 5.74) is -2.41. The molecule has 0 saturated carbocycles. The lowest BCUT2D eigenvalue weighted by molar-refractivity contribution is -0.168. The standard InChI is InChI=1S/C23H20F4O4/c1-13(17-7-5-15(24)9-19(17)26)11-23(21(28)30-3,22(29)31-4)12-14(2)18-8-6-16(25)10-20(18)27/h5-10H,1-2,11-12H2,3-4H3. The lowest BCUT2D eigenvalue weighted by Gasteiger charge is -2.30. The topological polar surface area (TPSA) is 52.6 Å². The number of hydrogen-bond donors (Lipinski definition) is 0. The number of esters is 2. The third kappa shape index (κ3) is 5.02. The van der Waals surface area contributed by atoms with Crippen molar-refractivity contribution in [3.63, 3.8) is 0 Å². The molecule has 0 unspecified atom stereocenters. The van der Waals surface area contributed by atoms with Crippen LogP contribution in [0.2, 0.25) is 0 Å². The molecule has 0 aliphatic heterocycles. The largest absolute Gasteiger partial charge is 0.468 e. The van der Waals surface area contributed by atoms with E-state index in [1.807, 2.05) is 0 Å². The smallest absolute Gasteiger partial charge is 0.323 e. The third-order valence-electron chi connectivity index (χ3n) is 4.81. The maximum atomic E-state index is 14.2. The van der Waals surface area contributed by atoms with Gasteiger partial charge in [-0.05, 0) is 48.3 Å². The van der Waals surface area contributed by atoms with E-state index >= 15 is 0 Å². The van der Waals surface area contributed by atoms with E-state index in [4.69, 9.17) is 9.47 Å². The predicted octanol–water partition coefficient (Wildman–Crippen LogP) is 5.08. The van der Waals surface area contributed by atoms with Gasteiger partial charge in [0.05, 0.1) is 14.2 Å². The zero-order valence-corrected chi connectivity index (χ0v) is 16.9. The lowest BCUT2D eigenvalue weighted by atomic mass is 9.74. The fourth-order valence-corrected chi connectivity index (χ4v) is 3.30. The van der Waals surface area contributed by atoms with Gasteiger partial charge in [0, 0.05) is 23.3 Å². The zero-order chi connectivity index (χ0) is 23.3. The van der Waals surface area contributed by atoms with Crippen molar-refractivity contribution >= 4 is 23.1 Å². The van der Waals surface area contributed by atoms with Gasteiger partial charge in [-0.2, -0.15) is 0 Å². The lowest BCUT2D eigenvalue weighted by Crippen LogP contribution is -2.41. The number of hydrogen-bond acceptors (Lipinski definition) is 4. The third-order valence-corrected chi connectivity index (χ3v) is 4.81. The summed E-state index contributed by atoms with van der Waals surface area (Å²) in [6.07, 6.45) is -0.979. The summed E-state index contributed by atoms with van der Waals surface area (Å²) in [7, 11) is 2.06. The molecule has 0 bridgehead atoms. The highest BCUT2D eigenvalue weighted by atomic mass is 19.1. The highest BCUT2D eigenvalue weighted by Gasteiger charge is 2.49. The molecule has 0 aromatic heterocycles. The molecule has 2 rings (SSSR count). The molecule has 2 aromatic carbocycles. The number of carbonyl (C=O) groups excluding carboxylic acids is 2. The first-order valence-electron chi connectivity index (χ1n) is 8.99. The quantitative estimate of drug-likeness (QED) is 0.329. The summed E-state index contributed by atoms with van der Waals surface area (Å²) in [6.45, 7) is 7.42. The van der Waals surface area contributed by atoms with Crippen molar-refractivity contribution in [2.75, 3.05) is 14.2 Å². The van der Waals surface area contributed by atoms with Crippen LogP contribution in [0.4, 0.5) is 17.6 Å². The Balaban J connectivity index is 2.52. The fourth-order valence-electron chi connectivity index (χ4n) is 3.30. The van der Waals surface area contributed by atoms with Crippen LogP contribution in [0, 0.1) is 28.7 Å². The van der Waals surface area contributed by atoms with Gasteiger partial charge >= 0.3 is 11.9 Å². The molecule has 0 amide bonds. The second-order valence-corrected chi connectivity index (χ2v) is 6.87. The Morgan fingerprint density at radius 2 is 1.13 bits per heavy atom. The van der Waals surface area contributed by atoms with E-state index in [1.54, 1.807) is 0 Å². The van der Waals surface area contributed by atoms with Gasteiger partial charge in [0.15, 0.2) is 5.41 Å². The minimum Gasteiger partial charge on any atom is -0.468 e. The number of rotatable bonds is 8. The van der Waals surface area contributed by atoms with Crippen LogP contribution in [-0.2, 0) is 19.1 Å². The second kappa shape index (κ2) is 9.59. The summed E-state index contributed by atoms with van der Waals surface area (Å²) in [5.74, 6) is -5.63. The van der Waals surface area contributed by atoms with Crippen LogP contribution in [0.25, 0.3) is 11.1 Å². The van der Waals surface area contributed by atoms with Gasteiger partial charge in [-0.25, -0.2) is 17.6 Å². The number of allylic oxidation sites excluding steroid dienone is 2. The van der Waals surface area contributed by atoms with Crippen LogP contribution in [0.1, 0.15) is 24.0 Å². The summed E-state index contributed by atoms with van der Waals surface area (Å²) < 4.78 is 64.5. The Bertz CT molecular complexity index is 962. The minimum absolute atomic E-state index is 0.0271. The molecule has 4 nitrogen and oxygen atoms in total. The van der Waals surface area contributed by atoms with Gasteiger partial charge in [-0.1, -0.05) is 13.2 Å². The molecule has 0 saturated heterocycles. The zero-order valence-electron chi connectivity index (χ0n) is 16.9. The van der Waals surface area contributed by atoms with Crippen molar-refractivity contribution in [3.8, 4) is 0 Å². The van der Waals surface area contributed by atoms with Crippen molar-refractivity contribution in [2.24, 2.45) is 5.41 Å². The predicted molar refractivity (Wildman–Crippen MR) is 106 cm³/mol. The SMILES string of the molecule is C=C(CC(CC(=C)c1ccc(F)cc1F)(C(=O)OC)C(=O)OC)c1ccc(F)cc1F. The first-order valence-corrected chi connectivity index (χ1v) is 8.99. The van der Waals surface area contributed by atoms with E-state index in [2.05, 4.69) is 13.2 Å². The number of carbonyl (C=O) groups is 2. The van der Waals surface area contributed by atoms with Gasteiger partial charge < -0.3 is 9.47 Å². The summed E-state index contributed by atoms with van der Waals surface area (Å²) >= 11 is 0. The first kappa shape index (κ1) is 23.9. The molecule has 8 heteroatoms. The molecule has 31 heavy (non-hydrogen) atoms. The molecule has 164 valence electrons. The molecule has 0 atom stereocenters. The Morgan fingerprint density at radius 1 is 0.774 bits per heavy atom. The molecular formula is C23H20F4O4. The van der Waals surface area contributed by atoms with Crippen LogP contribution in [-0.4, -0.2) is 26.2 Å². The van der Waals surface area contributed by atoms with Gasteiger partial charge in [-0.3, -0.25) is 9.59 Å². The molecule has 0 aliphatic rings. The fraction of sp³-hybridized carbons (Fsp3) is 0.217. The summed E-state index contributed by atoms with van der Waals surface area (Å²) in [4.78, 5) is 25.5. The Kier molecular flexibility index (Phi) is 7.38.